The van der Waals surface area contributed by atoms with Gasteiger partial charge in [0, 0.05) is 23.1 Å². The fourth-order valence-electron chi connectivity index (χ4n) is 2.22. The molecule has 0 aliphatic rings. The van der Waals surface area contributed by atoms with Gasteiger partial charge in [0.1, 0.15) is 5.75 Å². The van der Waals surface area contributed by atoms with Crippen LogP contribution >= 0.6 is 15.9 Å². The van der Waals surface area contributed by atoms with Crippen molar-refractivity contribution in [3.8, 4) is 5.75 Å². The quantitative estimate of drug-likeness (QED) is 0.649. The van der Waals surface area contributed by atoms with Crippen molar-refractivity contribution in [2.24, 2.45) is 0 Å². The zero-order valence-corrected chi connectivity index (χ0v) is 16.5. The topological polar surface area (TPSA) is 67.4 Å². The first-order chi connectivity index (χ1) is 13.1. The summed E-state index contributed by atoms with van der Waals surface area (Å²) >= 11 is 3.33. The first-order valence-corrected chi connectivity index (χ1v) is 9.07. The van der Waals surface area contributed by atoms with E-state index in [0.717, 1.165) is 22.2 Å². The van der Waals surface area contributed by atoms with Crippen LogP contribution in [0.5, 0.6) is 5.75 Å². The first-order valence-electron chi connectivity index (χ1n) is 8.28. The molecule has 0 spiro atoms. The van der Waals surface area contributed by atoms with Crippen LogP contribution in [0.25, 0.3) is 0 Å². The van der Waals surface area contributed by atoms with Gasteiger partial charge in [0.25, 0.3) is 5.91 Å². The van der Waals surface area contributed by atoms with E-state index < -0.39 is 24.3 Å². The van der Waals surface area contributed by atoms with Gasteiger partial charge >= 0.3 is 6.18 Å². The summed E-state index contributed by atoms with van der Waals surface area (Å²) in [5.41, 5.74) is 0.707. The Balaban J connectivity index is 1.74. The molecular formula is C19H18BrF3N2O3. The second kappa shape index (κ2) is 9.59. The molecule has 2 aromatic rings. The van der Waals surface area contributed by atoms with Crippen molar-refractivity contribution in [2.45, 2.75) is 19.5 Å². The van der Waals surface area contributed by atoms with Crippen molar-refractivity contribution in [1.82, 2.24) is 5.32 Å². The Hall–Kier alpha value is -2.55. The maximum atomic E-state index is 12.6. The van der Waals surface area contributed by atoms with E-state index >= 15 is 0 Å². The predicted molar refractivity (Wildman–Crippen MR) is 102 cm³/mol. The molecule has 0 saturated carbocycles. The molecule has 0 saturated heterocycles. The number of amides is 2. The van der Waals surface area contributed by atoms with Crippen LogP contribution in [0.2, 0.25) is 0 Å². The largest absolute Gasteiger partial charge is 0.484 e. The average Bonchev–Trinajstić information content (AvgIpc) is 2.62. The van der Waals surface area contributed by atoms with Crippen LogP contribution in [0, 0.1) is 6.92 Å². The van der Waals surface area contributed by atoms with Crippen molar-refractivity contribution in [1.29, 1.82) is 0 Å². The Kier molecular flexibility index (Phi) is 7.45. The predicted octanol–water partition coefficient (Wildman–Crippen LogP) is 4.30. The molecule has 0 aromatic heterocycles. The normalized spacial score (nSPS) is 11.0. The highest BCUT2D eigenvalue weighted by molar-refractivity contribution is 9.10. The summed E-state index contributed by atoms with van der Waals surface area (Å²) in [5, 5.41) is 5.23. The average molecular weight is 459 g/mol. The van der Waals surface area contributed by atoms with Crippen LogP contribution in [0.15, 0.2) is 46.9 Å². The van der Waals surface area contributed by atoms with Crippen LogP contribution in [0.4, 0.5) is 18.9 Å². The summed E-state index contributed by atoms with van der Waals surface area (Å²) in [6.45, 7) is 1.48. The molecule has 0 radical (unpaired) electrons. The Bertz CT molecular complexity index is 857. The van der Waals surface area contributed by atoms with Crippen LogP contribution in [-0.2, 0) is 15.8 Å². The smallest absolute Gasteiger partial charge is 0.416 e. The lowest BCUT2D eigenvalue weighted by atomic mass is 10.2. The lowest BCUT2D eigenvalue weighted by molar-refractivity contribution is -0.137. The van der Waals surface area contributed by atoms with E-state index in [1.165, 1.54) is 12.1 Å². The molecule has 2 aromatic carbocycles. The second-order valence-electron chi connectivity index (χ2n) is 5.92. The molecule has 0 aliphatic heterocycles. The minimum absolute atomic E-state index is 0.0429. The zero-order valence-electron chi connectivity index (χ0n) is 14.9. The van der Waals surface area contributed by atoms with Gasteiger partial charge in [-0.25, -0.2) is 0 Å². The molecule has 0 aliphatic carbocycles. The number of alkyl halides is 3. The molecule has 0 heterocycles. The molecule has 0 unspecified atom stereocenters. The van der Waals surface area contributed by atoms with E-state index in [1.807, 2.05) is 19.1 Å². The summed E-state index contributed by atoms with van der Waals surface area (Å²) in [6.07, 6.45) is -4.44. The van der Waals surface area contributed by atoms with Crippen LogP contribution in [-0.4, -0.2) is 25.0 Å². The molecule has 2 amide bonds. The molecule has 0 bridgehead atoms. The number of aryl methyl sites for hydroxylation is 1. The van der Waals surface area contributed by atoms with Gasteiger partial charge in [0.15, 0.2) is 6.61 Å². The second-order valence-corrected chi connectivity index (χ2v) is 6.84. The number of carbonyl (C=O) groups excluding carboxylic acids is 2. The van der Waals surface area contributed by atoms with Gasteiger partial charge in [-0.2, -0.15) is 13.2 Å². The molecule has 150 valence electrons. The third-order valence-corrected chi connectivity index (χ3v) is 4.17. The SMILES string of the molecule is Cc1ccc(Br)cc1NC(=O)CCNC(=O)COc1cccc(C(F)(F)F)c1. The van der Waals surface area contributed by atoms with Gasteiger partial charge in [-0.15, -0.1) is 0 Å². The zero-order chi connectivity index (χ0) is 20.7. The number of carbonyl (C=O) groups is 2. The Morgan fingerprint density at radius 1 is 1.11 bits per heavy atom. The molecule has 2 N–H and O–H groups in total. The van der Waals surface area contributed by atoms with Crippen molar-refractivity contribution in [3.05, 3.63) is 58.1 Å². The number of ether oxygens (including phenoxy) is 1. The standard InChI is InChI=1S/C19H18BrF3N2O3/c1-12-5-6-14(20)10-16(12)25-17(26)7-8-24-18(27)11-28-15-4-2-3-13(9-15)19(21,22)23/h2-6,9-10H,7-8,11H2,1H3,(H,24,27)(H,25,26). The van der Waals surface area contributed by atoms with E-state index in [0.29, 0.717) is 5.69 Å². The minimum atomic E-state index is -4.48. The number of nitrogens with one attached hydrogen (secondary N) is 2. The van der Waals surface area contributed by atoms with Gasteiger partial charge in [-0.1, -0.05) is 28.1 Å². The molecule has 2 rings (SSSR count). The fraction of sp³-hybridized carbons (Fsp3) is 0.263. The number of halogens is 4. The lowest BCUT2D eigenvalue weighted by Crippen LogP contribution is -2.31. The van der Waals surface area contributed by atoms with Gasteiger partial charge in [-0.3, -0.25) is 9.59 Å². The van der Waals surface area contributed by atoms with E-state index in [2.05, 4.69) is 26.6 Å². The van der Waals surface area contributed by atoms with Gasteiger partial charge in [0.05, 0.1) is 5.56 Å². The highest BCUT2D eigenvalue weighted by Crippen LogP contribution is 2.31. The number of hydrogen-bond acceptors (Lipinski definition) is 3. The fourth-order valence-corrected chi connectivity index (χ4v) is 2.58. The van der Waals surface area contributed by atoms with Gasteiger partial charge in [-0.05, 0) is 42.8 Å². The van der Waals surface area contributed by atoms with Crippen molar-refractivity contribution < 1.29 is 27.5 Å². The van der Waals surface area contributed by atoms with E-state index in [1.54, 1.807) is 6.07 Å². The van der Waals surface area contributed by atoms with Crippen LogP contribution in [0.3, 0.4) is 0 Å². The van der Waals surface area contributed by atoms with Gasteiger partial charge < -0.3 is 15.4 Å². The van der Waals surface area contributed by atoms with Gasteiger partial charge in [0.2, 0.25) is 5.91 Å². The molecule has 0 fully saturated rings. The summed E-state index contributed by atoms with van der Waals surface area (Å²) in [6, 6.07) is 9.75. The number of anilines is 1. The molecular weight excluding hydrogens is 441 g/mol. The van der Waals surface area contributed by atoms with Crippen molar-refractivity contribution >= 4 is 33.4 Å². The molecule has 5 nitrogen and oxygen atoms in total. The maximum Gasteiger partial charge on any atom is 0.416 e. The monoisotopic (exact) mass is 458 g/mol. The van der Waals surface area contributed by atoms with Crippen molar-refractivity contribution in [3.63, 3.8) is 0 Å². The Labute approximate surface area is 168 Å². The van der Waals surface area contributed by atoms with E-state index in [4.69, 9.17) is 4.74 Å². The third kappa shape index (κ3) is 6.88. The summed E-state index contributed by atoms with van der Waals surface area (Å²) in [4.78, 5) is 23.7. The number of rotatable bonds is 7. The van der Waals surface area contributed by atoms with E-state index in [-0.39, 0.29) is 24.6 Å². The Morgan fingerprint density at radius 3 is 2.57 bits per heavy atom. The Morgan fingerprint density at radius 2 is 1.86 bits per heavy atom. The molecule has 9 heteroatoms. The first kappa shape index (κ1) is 21.7. The lowest BCUT2D eigenvalue weighted by Gasteiger charge is -2.11. The number of benzene rings is 2. The highest BCUT2D eigenvalue weighted by atomic mass is 79.9. The molecule has 0 atom stereocenters. The minimum Gasteiger partial charge on any atom is -0.484 e. The molecule has 28 heavy (non-hydrogen) atoms. The van der Waals surface area contributed by atoms with Crippen LogP contribution in [0.1, 0.15) is 17.5 Å². The number of hydrogen-bond donors (Lipinski definition) is 2. The summed E-state index contributed by atoms with van der Waals surface area (Å²) in [7, 11) is 0. The maximum absolute atomic E-state index is 12.6. The third-order valence-electron chi connectivity index (χ3n) is 3.68. The van der Waals surface area contributed by atoms with Crippen molar-refractivity contribution in [2.75, 3.05) is 18.5 Å². The summed E-state index contributed by atoms with van der Waals surface area (Å²) < 4.78 is 43.8. The highest BCUT2D eigenvalue weighted by Gasteiger charge is 2.30. The van der Waals surface area contributed by atoms with Crippen LogP contribution < -0.4 is 15.4 Å². The summed E-state index contributed by atoms with van der Waals surface area (Å²) in [5.74, 6) is -0.878. The van der Waals surface area contributed by atoms with E-state index in [9.17, 15) is 22.8 Å².